The Balaban J connectivity index is 2.13. The maximum atomic E-state index is 12.1. The molecule has 5 nitrogen and oxygen atoms in total. The number of hydrogen-bond donors (Lipinski definition) is 1. The molecule has 0 bridgehead atoms. The molecule has 0 radical (unpaired) electrons. The van der Waals surface area contributed by atoms with Crippen LogP contribution in [0.5, 0.6) is 0 Å². The van der Waals surface area contributed by atoms with Crippen LogP contribution >= 0.6 is 11.6 Å². The highest BCUT2D eigenvalue weighted by molar-refractivity contribution is 6.30. The van der Waals surface area contributed by atoms with Crippen molar-refractivity contribution >= 4 is 17.5 Å². The van der Waals surface area contributed by atoms with Crippen molar-refractivity contribution in [2.75, 3.05) is 27.2 Å². The summed E-state index contributed by atoms with van der Waals surface area (Å²) in [5, 5.41) is 7.84. The molecule has 112 valence electrons. The Morgan fingerprint density at radius 3 is 2.62 bits per heavy atom. The molecule has 2 rings (SSSR count). The van der Waals surface area contributed by atoms with Gasteiger partial charge in [-0.1, -0.05) is 11.6 Å². The van der Waals surface area contributed by atoms with Crippen LogP contribution in [0.25, 0.3) is 5.69 Å². The van der Waals surface area contributed by atoms with E-state index in [4.69, 9.17) is 11.6 Å². The molecule has 21 heavy (non-hydrogen) atoms. The molecule has 1 amide bonds. The van der Waals surface area contributed by atoms with E-state index in [1.54, 1.807) is 23.0 Å². The van der Waals surface area contributed by atoms with Gasteiger partial charge in [-0.25, -0.2) is 4.68 Å². The highest BCUT2D eigenvalue weighted by Crippen LogP contribution is 2.16. The Morgan fingerprint density at radius 2 is 2.00 bits per heavy atom. The summed E-state index contributed by atoms with van der Waals surface area (Å²) in [6.07, 6.45) is 1.59. The number of nitrogens with one attached hydrogen (secondary N) is 1. The van der Waals surface area contributed by atoms with Gasteiger partial charge in [-0.15, -0.1) is 0 Å². The summed E-state index contributed by atoms with van der Waals surface area (Å²) < 4.78 is 1.73. The summed E-state index contributed by atoms with van der Waals surface area (Å²) in [5.74, 6) is -0.102. The van der Waals surface area contributed by atoms with Crippen molar-refractivity contribution in [1.82, 2.24) is 20.0 Å². The fourth-order valence-corrected chi connectivity index (χ4v) is 2.09. The fraction of sp³-hybridized carbons (Fsp3) is 0.333. The molecule has 0 atom stereocenters. The van der Waals surface area contributed by atoms with E-state index in [1.165, 1.54) is 0 Å². The lowest BCUT2D eigenvalue weighted by molar-refractivity contribution is 0.0950. The van der Waals surface area contributed by atoms with Gasteiger partial charge in [0.25, 0.3) is 5.91 Å². The standard InChI is InChI=1S/C15H19ClN4O/c1-11-14(15(21)17-8-9-19(2)3)10-18-20(11)13-6-4-12(16)5-7-13/h4-7,10H,8-9H2,1-3H3,(H,17,21). The number of carbonyl (C=O) groups excluding carboxylic acids is 1. The molecule has 1 N–H and O–H groups in total. The third-order valence-corrected chi connectivity index (χ3v) is 3.42. The zero-order valence-corrected chi connectivity index (χ0v) is 13.2. The molecule has 2 aromatic rings. The van der Waals surface area contributed by atoms with E-state index in [9.17, 15) is 4.79 Å². The van der Waals surface area contributed by atoms with Crippen LogP contribution in [-0.2, 0) is 0 Å². The minimum Gasteiger partial charge on any atom is -0.351 e. The second-order valence-electron chi connectivity index (χ2n) is 5.09. The van der Waals surface area contributed by atoms with Crippen molar-refractivity contribution in [2.24, 2.45) is 0 Å². The number of hydrogen-bond acceptors (Lipinski definition) is 3. The van der Waals surface area contributed by atoms with E-state index in [1.807, 2.05) is 38.1 Å². The molecule has 0 spiro atoms. The summed E-state index contributed by atoms with van der Waals surface area (Å²) in [5.41, 5.74) is 2.27. The van der Waals surface area contributed by atoms with Gasteiger partial charge in [0.1, 0.15) is 0 Å². The number of nitrogens with zero attached hydrogens (tertiary/aromatic N) is 3. The molecule has 1 heterocycles. The van der Waals surface area contributed by atoms with Gasteiger partial charge >= 0.3 is 0 Å². The number of aromatic nitrogens is 2. The van der Waals surface area contributed by atoms with Crippen LogP contribution in [0.1, 0.15) is 16.1 Å². The van der Waals surface area contributed by atoms with Crippen molar-refractivity contribution < 1.29 is 4.79 Å². The average Bonchev–Trinajstić information content (AvgIpc) is 2.81. The number of halogens is 1. The SMILES string of the molecule is Cc1c(C(=O)NCCN(C)C)cnn1-c1ccc(Cl)cc1. The molecule has 1 aromatic heterocycles. The van der Waals surface area contributed by atoms with Gasteiger partial charge in [0.15, 0.2) is 0 Å². The monoisotopic (exact) mass is 306 g/mol. The first-order valence-corrected chi connectivity index (χ1v) is 7.10. The highest BCUT2D eigenvalue weighted by atomic mass is 35.5. The van der Waals surface area contributed by atoms with Crippen LogP contribution in [0.15, 0.2) is 30.5 Å². The number of rotatable bonds is 5. The molecular formula is C15H19ClN4O. The summed E-state index contributed by atoms with van der Waals surface area (Å²) in [4.78, 5) is 14.2. The normalized spacial score (nSPS) is 10.9. The van der Waals surface area contributed by atoms with Crippen molar-refractivity contribution in [1.29, 1.82) is 0 Å². The molecule has 6 heteroatoms. The summed E-state index contributed by atoms with van der Waals surface area (Å²) >= 11 is 5.88. The molecular weight excluding hydrogens is 288 g/mol. The first-order valence-electron chi connectivity index (χ1n) is 6.72. The second-order valence-corrected chi connectivity index (χ2v) is 5.53. The molecule has 0 aliphatic heterocycles. The topological polar surface area (TPSA) is 50.2 Å². The quantitative estimate of drug-likeness (QED) is 0.920. The van der Waals surface area contributed by atoms with E-state index < -0.39 is 0 Å². The maximum absolute atomic E-state index is 12.1. The van der Waals surface area contributed by atoms with Gasteiger partial charge in [-0.3, -0.25) is 4.79 Å². The highest BCUT2D eigenvalue weighted by Gasteiger charge is 2.14. The molecule has 0 aliphatic rings. The molecule has 0 unspecified atom stereocenters. The van der Waals surface area contributed by atoms with Gasteiger partial charge < -0.3 is 10.2 Å². The summed E-state index contributed by atoms with van der Waals surface area (Å²) in [7, 11) is 3.94. The molecule has 0 saturated heterocycles. The van der Waals surface area contributed by atoms with Gasteiger partial charge in [-0.05, 0) is 45.3 Å². The van der Waals surface area contributed by atoms with Crippen LogP contribution in [0.2, 0.25) is 5.02 Å². The number of carbonyl (C=O) groups is 1. The van der Waals surface area contributed by atoms with Crippen molar-refractivity contribution in [3.63, 3.8) is 0 Å². The van der Waals surface area contributed by atoms with Crippen molar-refractivity contribution in [3.05, 3.63) is 46.7 Å². The number of amides is 1. The van der Waals surface area contributed by atoms with Crippen LogP contribution in [-0.4, -0.2) is 47.8 Å². The lowest BCUT2D eigenvalue weighted by atomic mass is 10.2. The zero-order valence-electron chi connectivity index (χ0n) is 12.4. The van der Waals surface area contributed by atoms with E-state index >= 15 is 0 Å². The van der Waals surface area contributed by atoms with Crippen LogP contribution in [0, 0.1) is 6.92 Å². The van der Waals surface area contributed by atoms with Gasteiger partial charge in [0.05, 0.1) is 23.1 Å². The Morgan fingerprint density at radius 1 is 1.33 bits per heavy atom. The van der Waals surface area contributed by atoms with Gasteiger partial charge in [0.2, 0.25) is 0 Å². The predicted octanol–water partition coefficient (Wildman–Crippen LogP) is 2.13. The second kappa shape index (κ2) is 6.74. The lowest BCUT2D eigenvalue weighted by Gasteiger charge is -2.10. The van der Waals surface area contributed by atoms with E-state index in [2.05, 4.69) is 10.4 Å². The van der Waals surface area contributed by atoms with Crippen LogP contribution < -0.4 is 5.32 Å². The lowest BCUT2D eigenvalue weighted by Crippen LogP contribution is -2.31. The first kappa shape index (κ1) is 15.5. The van der Waals surface area contributed by atoms with Crippen LogP contribution in [0.4, 0.5) is 0 Å². The Labute approximate surface area is 129 Å². The van der Waals surface area contributed by atoms with E-state index in [0.29, 0.717) is 17.1 Å². The first-order chi connectivity index (χ1) is 9.99. The predicted molar refractivity (Wildman–Crippen MR) is 84.2 cm³/mol. The Kier molecular flexibility index (Phi) is 4.98. The van der Waals surface area contributed by atoms with E-state index in [-0.39, 0.29) is 5.91 Å². The summed E-state index contributed by atoms with van der Waals surface area (Å²) in [6.45, 7) is 3.29. The molecule has 1 aromatic carbocycles. The number of likely N-dealkylation sites (N-methyl/N-ethyl adjacent to an activating group) is 1. The fourth-order valence-electron chi connectivity index (χ4n) is 1.96. The largest absolute Gasteiger partial charge is 0.351 e. The number of benzene rings is 1. The van der Waals surface area contributed by atoms with E-state index in [0.717, 1.165) is 17.9 Å². The third-order valence-electron chi connectivity index (χ3n) is 3.17. The van der Waals surface area contributed by atoms with Crippen molar-refractivity contribution in [2.45, 2.75) is 6.92 Å². The average molecular weight is 307 g/mol. The molecule has 0 aliphatic carbocycles. The van der Waals surface area contributed by atoms with Gasteiger partial charge in [0, 0.05) is 18.1 Å². The maximum Gasteiger partial charge on any atom is 0.254 e. The zero-order chi connectivity index (χ0) is 15.4. The Hall–Kier alpha value is -1.85. The summed E-state index contributed by atoms with van der Waals surface area (Å²) in [6, 6.07) is 7.34. The minimum atomic E-state index is -0.102. The van der Waals surface area contributed by atoms with Gasteiger partial charge in [-0.2, -0.15) is 5.10 Å². The third kappa shape index (κ3) is 3.83. The van der Waals surface area contributed by atoms with Crippen LogP contribution in [0.3, 0.4) is 0 Å². The Bertz CT molecular complexity index is 619. The van der Waals surface area contributed by atoms with Crippen molar-refractivity contribution in [3.8, 4) is 5.69 Å². The smallest absolute Gasteiger partial charge is 0.254 e. The molecule has 0 fully saturated rings. The minimum absolute atomic E-state index is 0.102. The molecule has 0 saturated carbocycles.